The molecule has 0 fully saturated rings. The van der Waals surface area contributed by atoms with Gasteiger partial charge in [-0.25, -0.2) is 14.3 Å². The van der Waals surface area contributed by atoms with E-state index in [1.165, 1.54) is 11.4 Å². The molecule has 0 radical (unpaired) electrons. The van der Waals surface area contributed by atoms with E-state index in [1.54, 1.807) is 12.1 Å². The number of fused-ring (bicyclic) bond motifs is 1. The third-order valence-corrected chi connectivity index (χ3v) is 4.10. The first-order valence-corrected chi connectivity index (χ1v) is 8.44. The number of Topliss-reactive ketones (excluding diaryl/α,β-unsaturated/α-hetero) is 1. The number of ketones is 1. The van der Waals surface area contributed by atoms with Crippen molar-refractivity contribution in [1.29, 1.82) is 0 Å². The second kappa shape index (κ2) is 7.03. The molecule has 3 aromatic rings. The third kappa shape index (κ3) is 3.46. The number of hydrogen-bond acceptors (Lipinski definition) is 6. The number of carbonyl (C=O) groups is 2. The second-order valence-electron chi connectivity index (χ2n) is 6.15. The molecule has 0 bridgehead atoms. The van der Waals surface area contributed by atoms with Crippen LogP contribution in [0.5, 0.6) is 0 Å². The molecule has 0 saturated carbocycles. The van der Waals surface area contributed by atoms with Gasteiger partial charge in [-0.1, -0.05) is 31.2 Å². The van der Waals surface area contributed by atoms with Crippen molar-refractivity contribution in [3.8, 4) is 0 Å². The molecule has 0 amide bonds. The lowest BCUT2D eigenvalue weighted by atomic mass is 10.0. The Balaban J connectivity index is 1.76. The summed E-state index contributed by atoms with van der Waals surface area (Å²) in [5.41, 5.74) is 3.22. The van der Waals surface area contributed by atoms with Crippen LogP contribution >= 0.6 is 0 Å². The minimum absolute atomic E-state index is 0.118. The fourth-order valence-electron chi connectivity index (χ4n) is 2.66. The van der Waals surface area contributed by atoms with Gasteiger partial charge in [-0.15, -0.1) is 5.10 Å². The first-order chi connectivity index (χ1) is 12.4. The Morgan fingerprint density at radius 1 is 1.15 bits per heavy atom. The Bertz CT molecular complexity index is 976. The lowest BCUT2D eigenvalue weighted by Crippen LogP contribution is -2.25. The first kappa shape index (κ1) is 17.7. The Morgan fingerprint density at radius 2 is 1.85 bits per heavy atom. The van der Waals surface area contributed by atoms with E-state index in [9.17, 15) is 9.59 Å². The Labute approximate surface area is 151 Å². The molecule has 26 heavy (non-hydrogen) atoms. The number of rotatable bonds is 5. The maximum absolute atomic E-state index is 12.4. The van der Waals surface area contributed by atoms with E-state index in [1.807, 2.05) is 39.0 Å². The highest BCUT2D eigenvalue weighted by atomic mass is 16.5. The molecular weight excluding hydrogens is 332 g/mol. The second-order valence-corrected chi connectivity index (χ2v) is 6.15. The van der Waals surface area contributed by atoms with Gasteiger partial charge in [-0.3, -0.25) is 4.79 Å². The van der Waals surface area contributed by atoms with E-state index >= 15 is 0 Å². The van der Waals surface area contributed by atoms with Gasteiger partial charge in [0.1, 0.15) is 0 Å². The average molecular weight is 352 g/mol. The molecule has 2 aromatic heterocycles. The molecule has 3 rings (SSSR count). The van der Waals surface area contributed by atoms with Crippen molar-refractivity contribution in [3.05, 3.63) is 58.7 Å². The number of esters is 1. The van der Waals surface area contributed by atoms with E-state index in [0.717, 1.165) is 23.4 Å². The molecule has 0 aliphatic rings. The average Bonchev–Trinajstić information content (AvgIpc) is 3.05. The zero-order chi connectivity index (χ0) is 18.8. The monoisotopic (exact) mass is 352 g/mol. The largest absolute Gasteiger partial charge is 0.448 e. The van der Waals surface area contributed by atoms with Crippen molar-refractivity contribution in [2.24, 2.45) is 0 Å². The molecule has 0 N–H and O–H groups in total. The molecular formula is C19H20N4O3. The summed E-state index contributed by atoms with van der Waals surface area (Å²) in [4.78, 5) is 33.1. The van der Waals surface area contributed by atoms with Gasteiger partial charge in [0.2, 0.25) is 5.78 Å². The summed E-state index contributed by atoms with van der Waals surface area (Å²) >= 11 is 0. The van der Waals surface area contributed by atoms with Crippen LogP contribution in [0.1, 0.15) is 51.8 Å². The number of nitrogens with zero attached hydrogens (tertiary/aromatic N) is 4. The highest BCUT2D eigenvalue weighted by molar-refractivity contribution is 6.01. The normalized spacial score (nSPS) is 12.2. The van der Waals surface area contributed by atoms with Crippen LogP contribution in [0.4, 0.5) is 0 Å². The third-order valence-electron chi connectivity index (χ3n) is 4.10. The van der Waals surface area contributed by atoms with E-state index in [0.29, 0.717) is 11.3 Å². The van der Waals surface area contributed by atoms with Gasteiger partial charge in [-0.05, 0) is 38.8 Å². The van der Waals surface area contributed by atoms with Gasteiger partial charge >= 0.3 is 5.97 Å². The van der Waals surface area contributed by atoms with Crippen molar-refractivity contribution in [3.63, 3.8) is 0 Å². The Hall–Kier alpha value is -3.09. The van der Waals surface area contributed by atoms with Crippen LogP contribution in [0.25, 0.3) is 5.78 Å². The minimum atomic E-state index is -0.933. The van der Waals surface area contributed by atoms with Crippen LogP contribution in [0.15, 0.2) is 30.3 Å². The number of aromatic nitrogens is 4. The van der Waals surface area contributed by atoms with Gasteiger partial charge in [0.25, 0.3) is 11.6 Å². The van der Waals surface area contributed by atoms with Crippen LogP contribution in [0.3, 0.4) is 0 Å². The predicted octanol–water partition coefficient (Wildman–Crippen LogP) is 2.73. The Morgan fingerprint density at radius 3 is 2.50 bits per heavy atom. The van der Waals surface area contributed by atoms with Gasteiger partial charge in [-0.2, -0.15) is 4.98 Å². The van der Waals surface area contributed by atoms with E-state index in [2.05, 4.69) is 15.1 Å². The SMILES string of the molecule is CCc1ccc(C(=O)[C@@H](C)OC(=O)c2nc3nc(C)cc(C)n3n2)cc1. The maximum atomic E-state index is 12.4. The van der Waals surface area contributed by atoms with Crippen LogP contribution in [-0.2, 0) is 11.2 Å². The molecule has 0 aliphatic heterocycles. The maximum Gasteiger partial charge on any atom is 0.379 e. The molecule has 0 unspecified atom stereocenters. The summed E-state index contributed by atoms with van der Waals surface area (Å²) in [5.74, 6) is -0.815. The standard InChI is InChI=1S/C19H20N4O3/c1-5-14-6-8-15(9-7-14)16(24)13(4)26-18(25)17-21-19-20-11(2)10-12(3)23(19)22-17/h6-10,13H,5H2,1-4H3/t13-/m1/s1. The number of benzene rings is 1. The number of hydrogen-bond donors (Lipinski definition) is 0. The lowest BCUT2D eigenvalue weighted by Gasteiger charge is -2.11. The summed E-state index contributed by atoms with van der Waals surface area (Å²) in [6, 6.07) is 9.10. The predicted molar refractivity (Wildman–Crippen MR) is 95.3 cm³/mol. The zero-order valence-corrected chi connectivity index (χ0v) is 15.2. The van der Waals surface area contributed by atoms with E-state index in [4.69, 9.17) is 4.74 Å². The van der Waals surface area contributed by atoms with Crippen LogP contribution < -0.4 is 0 Å². The van der Waals surface area contributed by atoms with Gasteiger partial charge in [0.15, 0.2) is 6.10 Å². The number of carbonyl (C=O) groups excluding carboxylic acids is 2. The van der Waals surface area contributed by atoms with Crippen molar-refractivity contribution in [2.75, 3.05) is 0 Å². The van der Waals surface area contributed by atoms with Crippen molar-refractivity contribution in [1.82, 2.24) is 19.6 Å². The van der Waals surface area contributed by atoms with Gasteiger partial charge < -0.3 is 4.74 Å². The highest BCUT2D eigenvalue weighted by Gasteiger charge is 2.23. The molecule has 7 heteroatoms. The fourth-order valence-corrected chi connectivity index (χ4v) is 2.66. The molecule has 7 nitrogen and oxygen atoms in total. The summed E-state index contributed by atoms with van der Waals surface area (Å²) < 4.78 is 6.73. The van der Waals surface area contributed by atoms with Crippen molar-refractivity contribution < 1.29 is 14.3 Å². The Kier molecular flexibility index (Phi) is 4.79. The van der Waals surface area contributed by atoms with E-state index in [-0.39, 0.29) is 11.6 Å². The zero-order valence-electron chi connectivity index (χ0n) is 15.2. The fraction of sp³-hybridized carbons (Fsp3) is 0.316. The smallest absolute Gasteiger partial charge is 0.379 e. The van der Waals surface area contributed by atoms with Gasteiger partial charge in [0, 0.05) is 17.0 Å². The lowest BCUT2D eigenvalue weighted by molar-refractivity contribution is 0.0307. The molecule has 1 atom stereocenters. The quantitative estimate of drug-likeness (QED) is 0.518. The number of aryl methyl sites for hydroxylation is 3. The first-order valence-electron chi connectivity index (χ1n) is 8.44. The molecule has 134 valence electrons. The molecule has 2 heterocycles. The van der Waals surface area contributed by atoms with Crippen LogP contribution in [-0.4, -0.2) is 37.4 Å². The summed E-state index contributed by atoms with van der Waals surface area (Å²) in [6.45, 7) is 7.26. The van der Waals surface area contributed by atoms with Gasteiger partial charge in [0.05, 0.1) is 0 Å². The van der Waals surface area contributed by atoms with Crippen molar-refractivity contribution in [2.45, 2.75) is 40.2 Å². The summed E-state index contributed by atoms with van der Waals surface area (Å²) in [7, 11) is 0. The van der Waals surface area contributed by atoms with E-state index < -0.39 is 12.1 Å². The highest BCUT2D eigenvalue weighted by Crippen LogP contribution is 2.11. The summed E-state index contributed by atoms with van der Waals surface area (Å²) in [6.07, 6.45) is -0.0386. The number of ether oxygens (including phenoxy) is 1. The van der Waals surface area contributed by atoms with Crippen molar-refractivity contribution >= 4 is 17.5 Å². The van der Waals surface area contributed by atoms with Crippen LogP contribution in [0.2, 0.25) is 0 Å². The summed E-state index contributed by atoms with van der Waals surface area (Å²) in [5, 5.41) is 4.12. The molecule has 1 aromatic carbocycles. The molecule has 0 spiro atoms. The topological polar surface area (TPSA) is 86.5 Å². The minimum Gasteiger partial charge on any atom is -0.448 e. The molecule has 0 aliphatic carbocycles. The van der Waals surface area contributed by atoms with Crippen LogP contribution in [0, 0.1) is 13.8 Å². The molecule has 0 saturated heterocycles.